The fourth-order valence-corrected chi connectivity index (χ4v) is 1.52. The van der Waals surface area contributed by atoms with E-state index in [9.17, 15) is 10.1 Å². The zero-order chi connectivity index (χ0) is 12.1. The van der Waals surface area contributed by atoms with Crippen LogP contribution in [0.2, 0.25) is 0 Å². The summed E-state index contributed by atoms with van der Waals surface area (Å²) in [5.41, 5.74) is 1.00. The van der Waals surface area contributed by atoms with Gasteiger partial charge in [-0.15, -0.1) is 0 Å². The van der Waals surface area contributed by atoms with Crippen molar-refractivity contribution in [3.05, 3.63) is 33.4 Å². The molecule has 84 valence electrons. The monoisotopic (exact) mass is 220 g/mol. The van der Waals surface area contributed by atoms with E-state index in [2.05, 4.69) is 0 Å². The summed E-state index contributed by atoms with van der Waals surface area (Å²) in [4.78, 5) is 10.2. The van der Waals surface area contributed by atoms with Crippen molar-refractivity contribution in [1.29, 1.82) is 5.26 Å². The third kappa shape index (κ3) is 2.28. The van der Waals surface area contributed by atoms with Crippen LogP contribution in [0, 0.1) is 21.4 Å². The number of hydrogen-bond donors (Lipinski definition) is 0. The minimum absolute atomic E-state index is 0.0423. The predicted octanol–water partition coefficient (Wildman–Crippen LogP) is 2.43. The highest BCUT2D eigenvalue weighted by Crippen LogP contribution is 2.28. The van der Waals surface area contributed by atoms with Crippen LogP contribution in [0.3, 0.4) is 0 Å². The van der Waals surface area contributed by atoms with E-state index in [-0.39, 0.29) is 11.4 Å². The van der Waals surface area contributed by atoms with Gasteiger partial charge in [-0.1, -0.05) is 13.3 Å². The summed E-state index contributed by atoms with van der Waals surface area (Å²) in [6.07, 6.45) is 1.44. The SMILES string of the molecule is CCCc1cc([N+](=O)[O-])cc(OC)c1C#N. The van der Waals surface area contributed by atoms with Gasteiger partial charge in [0.1, 0.15) is 11.8 Å². The predicted molar refractivity (Wildman–Crippen MR) is 58.4 cm³/mol. The van der Waals surface area contributed by atoms with Crippen LogP contribution in [0.15, 0.2) is 12.1 Å². The standard InChI is InChI=1S/C11H12N2O3/c1-3-4-8-5-9(13(14)15)6-11(16-2)10(8)7-12/h5-6H,3-4H2,1-2H3. The molecule has 0 aliphatic carbocycles. The van der Waals surface area contributed by atoms with Gasteiger partial charge in [0.15, 0.2) is 0 Å². The van der Waals surface area contributed by atoms with E-state index < -0.39 is 4.92 Å². The fourth-order valence-electron chi connectivity index (χ4n) is 1.52. The van der Waals surface area contributed by atoms with Crippen LogP contribution in [0.5, 0.6) is 5.75 Å². The second kappa shape index (κ2) is 5.12. The molecule has 0 amide bonds. The zero-order valence-corrected chi connectivity index (χ0v) is 9.19. The number of rotatable bonds is 4. The lowest BCUT2D eigenvalue weighted by atomic mass is 10.0. The minimum Gasteiger partial charge on any atom is -0.495 e. The van der Waals surface area contributed by atoms with Gasteiger partial charge in [0.25, 0.3) is 5.69 Å². The first-order valence-electron chi connectivity index (χ1n) is 4.89. The molecule has 0 heterocycles. The summed E-state index contributed by atoms with van der Waals surface area (Å²) >= 11 is 0. The Bertz CT molecular complexity index is 449. The summed E-state index contributed by atoms with van der Waals surface area (Å²) < 4.78 is 4.99. The molecule has 0 radical (unpaired) electrons. The molecule has 0 N–H and O–H groups in total. The van der Waals surface area contributed by atoms with Gasteiger partial charge in [0, 0.05) is 6.07 Å². The number of methoxy groups -OCH3 is 1. The van der Waals surface area contributed by atoms with Crippen LogP contribution in [0.1, 0.15) is 24.5 Å². The van der Waals surface area contributed by atoms with E-state index in [4.69, 9.17) is 10.00 Å². The van der Waals surface area contributed by atoms with Gasteiger partial charge in [0.05, 0.1) is 23.7 Å². The highest BCUT2D eigenvalue weighted by molar-refractivity contribution is 5.55. The molecule has 0 bridgehead atoms. The fraction of sp³-hybridized carbons (Fsp3) is 0.364. The molecule has 0 aliphatic heterocycles. The number of nitrogens with zero attached hydrogens (tertiary/aromatic N) is 2. The largest absolute Gasteiger partial charge is 0.495 e. The first-order chi connectivity index (χ1) is 7.63. The van der Waals surface area contributed by atoms with Crippen molar-refractivity contribution in [2.24, 2.45) is 0 Å². The Hall–Kier alpha value is -2.09. The summed E-state index contributed by atoms with van der Waals surface area (Å²) in [7, 11) is 1.40. The highest BCUT2D eigenvalue weighted by atomic mass is 16.6. The Morgan fingerprint density at radius 1 is 1.56 bits per heavy atom. The molecule has 1 aromatic rings. The third-order valence-corrected chi connectivity index (χ3v) is 2.23. The third-order valence-electron chi connectivity index (χ3n) is 2.23. The number of nitriles is 1. The van der Waals surface area contributed by atoms with Crippen molar-refractivity contribution in [1.82, 2.24) is 0 Å². The average molecular weight is 220 g/mol. The lowest BCUT2D eigenvalue weighted by molar-refractivity contribution is -0.385. The second-order valence-electron chi connectivity index (χ2n) is 3.30. The number of aryl methyl sites for hydroxylation is 1. The van der Waals surface area contributed by atoms with Gasteiger partial charge in [-0.2, -0.15) is 5.26 Å². The second-order valence-corrected chi connectivity index (χ2v) is 3.30. The molecule has 0 fully saturated rings. The molecule has 0 unspecified atom stereocenters. The van der Waals surface area contributed by atoms with E-state index in [1.54, 1.807) is 0 Å². The summed E-state index contributed by atoms with van der Waals surface area (Å²) in [6.45, 7) is 1.95. The van der Waals surface area contributed by atoms with Crippen molar-refractivity contribution in [2.45, 2.75) is 19.8 Å². The van der Waals surface area contributed by atoms with Gasteiger partial charge in [-0.25, -0.2) is 0 Å². The molecule has 0 spiro atoms. The highest BCUT2D eigenvalue weighted by Gasteiger charge is 2.16. The molecule has 1 aromatic carbocycles. The normalized spacial score (nSPS) is 9.56. The Balaban J connectivity index is 3.38. The molecular weight excluding hydrogens is 208 g/mol. The van der Waals surface area contributed by atoms with E-state index in [0.717, 1.165) is 6.42 Å². The van der Waals surface area contributed by atoms with Gasteiger partial charge < -0.3 is 4.74 Å². The number of nitro groups is 1. The molecule has 0 aromatic heterocycles. The number of ether oxygens (including phenoxy) is 1. The maximum absolute atomic E-state index is 10.7. The lowest BCUT2D eigenvalue weighted by Gasteiger charge is -2.07. The molecule has 0 saturated heterocycles. The van der Waals surface area contributed by atoms with Crippen molar-refractivity contribution >= 4 is 5.69 Å². The van der Waals surface area contributed by atoms with Crippen LogP contribution >= 0.6 is 0 Å². The molecular formula is C11H12N2O3. The maximum Gasteiger partial charge on any atom is 0.273 e. The molecule has 0 aliphatic rings. The van der Waals surface area contributed by atoms with E-state index in [1.807, 2.05) is 13.0 Å². The van der Waals surface area contributed by atoms with Crippen LogP contribution in [-0.4, -0.2) is 12.0 Å². The lowest BCUT2D eigenvalue weighted by Crippen LogP contribution is -1.98. The molecule has 16 heavy (non-hydrogen) atoms. The van der Waals surface area contributed by atoms with E-state index in [1.165, 1.54) is 19.2 Å². The summed E-state index contributed by atoms with van der Waals surface area (Å²) in [6, 6.07) is 4.73. The minimum atomic E-state index is -0.483. The topological polar surface area (TPSA) is 76.2 Å². The van der Waals surface area contributed by atoms with Crippen molar-refractivity contribution < 1.29 is 9.66 Å². The van der Waals surface area contributed by atoms with Crippen molar-refractivity contribution in [3.63, 3.8) is 0 Å². The van der Waals surface area contributed by atoms with E-state index >= 15 is 0 Å². The first kappa shape index (κ1) is 12.0. The Morgan fingerprint density at radius 3 is 2.69 bits per heavy atom. The van der Waals surface area contributed by atoms with Crippen molar-refractivity contribution in [2.75, 3.05) is 7.11 Å². The Morgan fingerprint density at radius 2 is 2.25 bits per heavy atom. The molecule has 1 rings (SSSR count). The number of nitro benzene ring substituents is 1. The summed E-state index contributed by atoms with van der Waals surface area (Å²) in [5, 5.41) is 19.7. The van der Waals surface area contributed by atoms with Gasteiger partial charge in [0.2, 0.25) is 0 Å². The smallest absolute Gasteiger partial charge is 0.273 e. The Labute approximate surface area is 93.4 Å². The van der Waals surface area contributed by atoms with Crippen LogP contribution < -0.4 is 4.74 Å². The average Bonchev–Trinajstić information content (AvgIpc) is 2.28. The van der Waals surface area contributed by atoms with Crippen LogP contribution in [0.25, 0.3) is 0 Å². The molecule has 0 saturated carbocycles. The summed E-state index contributed by atoms with van der Waals surface area (Å²) in [5.74, 6) is 0.264. The van der Waals surface area contributed by atoms with Crippen molar-refractivity contribution in [3.8, 4) is 11.8 Å². The van der Waals surface area contributed by atoms with Crippen LogP contribution in [0.4, 0.5) is 5.69 Å². The van der Waals surface area contributed by atoms with Gasteiger partial charge in [-0.3, -0.25) is 10.1 Å². The Kier molecular flexibility index (Phi) is 3.84. The number of hydrogen-bond acceptors (Lipinski definition) is 4. The number of benzene rings is 1. The maximum atomic E-state index is 10.7. The van der Waals surface area contributed by atoms with Gasteiger partial charge in [-0.05, 0) is 12.0 Å². The molecule has 5 nitrogen and oxygen atoms in total. The van der Waals surface area contributed by atoms with Crippen LogP contribution in [-0.2, 0) is 6.42 Å². The molecule has 5 heteroatoms. The first-order valence-corrected chi connectivity index (χ1v) is 4.89. The van der Waals surface area contributed by atoms with E-state index in [0.29, 0.717) is 17.5 Å². The zero-order valence-electron chi connectivity index (χ0n) is 9.19. The number of non-ortho nitro benzene ring substituents is 1. The van der Waals surface area contributed by atoms with Gasteiger partial charge >= 0.3 is 0 Å². The quantitative estimate of drug-likeness (QED) is 0.576. The molecule has 0 atom stereocenters.